The average Bonchev–Trinajstić information content (AvgIpc) is 3.46. The van der Waals surface area contributed by atoms with Gasteiger partial charge in [-0.15, -0.1) is 0 Å². The van der Waals surface area contributed by atoms with Crippen molar-refractivity contribution < 1.29 is 19.1 Å². The van der Waals surface area contributed by atoms with E-state index in [1.54, 1.807) is 4.90 Å². The third-order valence-electron chi connectivity index (χ3n) is 8.30. The molecular formula is C25H31N3O4. The summed E-state index contributed by atoms with van der Waals surface area (Å²) in [4.78, 5) is 40.9. The molecule has 2 bridgehead atoms. The van der Waals surface area contributed by atoms with E-state index >= 15 is 0 Å². The predicted octanol–water partition coefficient (Wildman–Crippen LogP) is 2.48. The Morgan fingerprint density at radius 2 is 1.78 bits per heavy atom. The van der Waals surface area contributed by atoms with Crippen LogP contribution in [-0.4, -0.2) is 58.8 Å². The Morgan fingerprint density at radius 3 is 2.56 bits per heavy atom. The molecule has 2 saturated carbocycles. The number of carbonyl (C=O) groups is 3. The van der Waals surface area contributed by atoms with Crippen molar-refractivity contribution in [2.75, 3.05) is 13.1 Å². The number of rotatable bonds is 4. The molecule has 3 aliphatic heterocycles. The number of benzene rings is 1. The van der Waals surface area contributed by atoms with Crippen molar-refractivity contribution in [3.05, 3.63) is 29.3 Å². The van der Waals surface area contributed by atoms with Crippen LogP contribution in [0.1, 0.15) is 67.3 Å². The predicted molar refractivity (Wildman–Crippen MR) is 117 cm³/mol. The Bertz CT molecular complexity index is 951. The molecule has 7 heteroatoms. The van der Waals surface area contributed by atoms with E-state index in [0.29, 0.717) is 24.6 Å². The lowest BCUT2D eigenvalue weighted by Crippen LogP contribution is -2.52. The van der Waals surface area contributed by atoms with Crippen molar-refractivity contribution in [3.8, 4) is 5.75 Å². The van der Waals surface area contributed by atoms with E-state index < -0.39 is 6.04 Å². The maximum Gasteiger partial charge on any atom is 0.255 e. The van der Waals surface area contributed by atoms with Crippen molar-refractivity contribution in [3.63, 3.8) is 0 Å². The summed E-state index contributed by atoms with van der Waals surface area (Å²) in [6.45, 7) is 2.84. The second-order valence-electron chi connectivity index (χ2n) is 10.4. The highest BCUT2D eigenvalue weighted by atomic mass is 16.5. The van der Waals surface area contributed by atoms with Gasteiger partial charge in [-0.25, -0.2) is 0 Å². The third kappa shape index (κ3) is 3.51. The van der Waals surface area contributed by atoms with Gasteiger partial charge in [0.2, 0.25) is 11.8 Å². The first-order valence-electron chi connectivity index (χ1n) is 12.2. The van der Waals surface area contributed by atoms with E-state index in [0.717, 1.165) is 29.6 Å². The number of likely N-dealkylation sites (tertiary alicyclic amines) is 1. The van der Waals surface area contributed by atoms with Crippen LogP contribution in [0.15, 0.2) is 18.2 Å². The molecule has 4 fully saturated rings. The van der Waals surface area contributed by atoms with E-state index in [4.69, 9.17) is 4.74 Å². The van der Waals surface area contributed by atoms with E-state index in [-0.39, 0.29) is 30.2 Å². The molecule has 2 saturated heterocycles. The number of fused-ring (bicyclic) bond motifs is 3. The largest absolute Gasteiger partial charge is 0.489 e. The number of carbonyl (C=O) groups excluding carboxylic acids is 3. The summed E-state index contributed by atoms with van der Waals surface area (Å²) in [7, 11) is 0. The lowest BCUT2D eigenvalue weighted by atomic mass is 9.96. The highest BCUT2D eigenvalue weighted by Gasteiger charge is 2.42. The summed E-state index contributed by atoms with van der Waals surface area (Å²) in [5, 5.41) is 2.36. The van der Waals surface area contributed by atoms with Gasteiger partial charge in [0.25, 0.3) is 5.91 Å². The zero-order valence-corrected chi connectivity index (χ0v) is 18.4. The van der Waals surface area contributed by atoms with Gasteiger partial charge in [0, 0.05) is 37.7 Å². The van der Waals surface area contributed by atoms with Gasteiger partial charge in [-0.2, -0.15) is 0 Å². The fourth-order valence-corrected chi connectivity index (χ4v) is 6.78. The lowest BCUT2D eigenvalue weighted by molar-refractivity contribution is -0.136. The first-order chi connectivity index (χ1) is 15.5. The van der Waals surface area contributed by atoms with Crippen molar-refractivity contribution in [1.29, 1.82) is 0 Å². The number of ether oxygens (including phenoxy) is 1. The maximum absolute atomic E-state index is 12.9. The minimum atomic E-state index is -0.578. The van der Waals surface area contributed by atoms with Crippen LogP contribution in [0.4, 0.5) is 0 Å². The van der Waals surface area contributed by atoms with Gasteiger partial charge >= 0.3 is 0 Å². The number of amides is 3. The van der Waals surface area contributed by atoms with Gasteiger partial charge in [-0.3, -0.25) is 24.6 Å². The molecule has 170 valence electrons. The summed E-state index contributed by atoms with van der Waals surface area (Å²) < 4.78 is 6.51. The first-order valence-corrected chi connectivity index (χ1v) is 12.2. The molecule has 0 spiro atoms. The number of hydrogen-bond acceptors (Lipinski definition) is 5. The molecule has 3 heterocycles. The van der Waals surface area contributed by atoms with Crippen LogP contribution in [0.5, 0.6) is 5.75 Å². The van der Waals surface area contributed by atoms with Crippen LogP contribution in [0, 0.1) is 11.8 Å². The zero-order valence-electron chi connectivity index (χ0n) is 18.4. The molecule has 3 amide bonds. The Morgan fingerprint density at radius 1 is 0.969 bits per heavy atom. The van der Waals surface area contributed by atoms with E-state index in [1.807, 2.05) is 18.2 Å². The topological polar surface area (TPSA) is 79.0 Å². The van der Waals surface area contributed by atoms with Crippen molar-refractivity contribution >= 4 is 17.7 Å². The van der Waals surface area contributed by atoms with Crippen LogP contribution in [0.25, 0.3) is 0 Å². The molecule has 5 aliphatic rings. The van der Waals surface area contributed by atoms with Gasteiger partial charge < -0.3 is 9.64 Å². The summed E-state index contributed by atoms with van der Waals surface area (Å²) in [6.07, 6.45) is 8.54. The molecule has 1 aromatic rings. The number of hydrogen-bond donors (Lipinski definition) is 1. The highest BCUT2D eigenvalue weighted by molar-refractivity contribution is 6.05. The van der Waals surface area contributed by atoms with Crippen LogP contribution >= 0.6 is 0 Å². The minimum absolute atomic E-state index is 0.136. The number of nitrogens with zero attached hydrogens (tertiary/aromatic N) is 2. The molecule has 6 rings (SSSR count). The maximum atomic E-state index is 12.9. The smallest absolute Gasteiger partial charge is 0.255 e. The molecule has 32 heavy (non-hydrogen) atoms. The van der Waals surface area contributed by atoms with Crippen molar-refractivity contribution in [2.24, 2.45) is 11.8 Å². The molecule has 1 aromatic carbocycles. The molecule has 7 nitrogen and oxygen atoms in total. The molecular weight excluding hydrogens is 406 g/mol. The standard InChI is InChI=1S/C25H31N3O4/c29-23-9-8-21(24(30)26-23)28-14-17-11-18(6-7-19(17)25(28)31)32-22-3-1-2-20(22)27-12-15-4-5-16(10-15)13-27/h6-7,11,15-16,20-22H,1-5,8-10,12-14H2,(H,26,29,30)/t15-,16-,20-,21?,22-/m0/s1. The van der Waals surface area contributed by atoms with Crippen LogP contribution in [-0.2, 0) is 16.1 Å². The second kappa shape index (κ2) is 7.87. The van der Waals surface area contributed by atoms with E-state index in [2.05, 4.69) is 10.2 Å². The molecule has 0 radical (unpaired) electrons. The molecule has 1 N–H and O–H groups in total. The first kappa shape index (κ1) is 20.2. The summed E-state index contributed by atoms with van der Waals surface area (Å²) in [5.74, 6) is 1.79. The molecule has 1 unspecified atom stereocenters. The number of imide groups is 1. The normalized spacial score (nSPS) is 34.7. The SMILES string of the molecule is O=C1CCC(N2Cc3cc(O[C@H]4CCC[C@@H]4N4C[C@H]5CC[C@@H](C5)C4)ccc3C2=O)C(=O)N1. The van der Waals surface area contributed by atoms with Crippen LogP contribution < -0.4 is 10.1 Å². The molecule has 5 atom stereocenters. The van der Waals surface area contributed by atoms with Gasteiger partial charge in [-0.05, 0) is 80.5 Å². The lowest BCUT2D eigenvalue weighted by Gasteiger charge is -2.38. The summed E-state index contributed by atoms with van der Waals surface area (Å²) in [5.41, 5.74) is 1.54. The highest BCUT2D eigenvalue weighted by Crippen LogP contribution is 2.40. The van der Waals surface area contributed by atoms with Gasteiger partial charge in [0.1, 0.15) is 17.9 Å². The average molecular weight is 438 g/mol. The van der Waals surface area contributed by atoms with Crippen LogP contribution in [0.3, 0.4) is 0 Å². The third-order valence-corrected chi connectivity index (χ3v) is 8.30. The molecule has 2 aliphatic carbocycles. The Kier molecular flexibility index (Phi) is 4.97. The molecule has 0 aromatic heterocycles. The van der Waals surface area contributed by atoms with Gasteiger partial charge in [0.05, 0.1) is 0 Å². The summed E-state index contributed by atoms with van der Waals surface area (Å²) in [6, 6.07) is 5.64. The Balaban J connectivity index is 1.15. The van der Waals surface area contributed by atoms with Gasteiger partial charge in [-0.1, -0.05) is 0 Å². The van der Waals surface area contributed by atoms with Gasteiger partial charge in [0.15, 0.2) is 0 Å². The Hall–Kier alpha value is -2.41. The zero-order chi connectivity index (χ0) is 21.8. The second-order valence-corrected chi connectivity index (χ2v) is 10.4. The van der Waals surface area contributed by atoms with E-state index in [9.17, 15) is 14.4 Å². The van der Waals surface area contributed by atoms with Crippen LogP contribution in [0.2, 0.25) is 0 Å². The van der Waals surface area contributed by atoms with E-state index in [1.165, 1.54) is 45.2 Å². The number of nitrogens with one attached hydrogen (secondary N) is 1. The Labute approximate surface area is 188 Å². The van der Waals surface area contributed by atoms with Crippen molar-refractivity contribution in [2.45, 2.75) is 76.1 Å². The monoisotopic (exact) mass is 437 g/mol. The fourth-order valence-electron chi connectivity index (χ4n) is 6.78. The fraction of sp³-hybridized carbons (Fsp3) is 0.640. The quantitative estimate of drug-likeness (QED) is 0.733. The van der Waals surface area contributed by atoms with Crippen molar-refractivity contribution in [1.82, 2.24) is 15.1 Å². The minimum Gasteiger partial charge on any atom is -0.489 e. The number of piperidine rings is 2. The summed E-state index contributed by atoms with van der Waals surface area (Å²) >= 11 is 0.